The van der Waals surface area contributed by atoms with Crippen LogP contribution in [0.15, 0.2) is 59.5 Å². The number of aryl methyl sites for hydroxylation is 1. The quantitative estimate of drug-likeness (QED) is 0.611. The van der Waals surface area contributed by atoms with Crippen molar-refractivity contribution >= 4 is 44.0 Å². The number of carbonyl (C=O) groups is 2. The molecular formula is C23H22N2O5S. The number of hydrogen-bond donors (Lipinski definition) is 1. The van der Waals surface area contributed by atoms with Gasteiger partial charge in [0.05, 0.1) is 22.8 Å². The molecule has 1 unspecified atom stereocenters. The predicted octanol–water partition coefficient (Wildman–Crippen LogP) is 3.86. The molecule has 1 aliphatic rings. The summed E-state index contributed by atoms with van der Waals surface area (Å²) in [7, 11) is -3.88. The van der Waals surface area contributed by atoms with Gasteiger partial charge in [-0.15, -0.1) is 0 Å². The molecule has 0 spiro atoms. The van der Waals surface area contributed by atoms with E-state index in [0.29, 0.717) is 22.3 Å². The smallest absolute Gasteiger partial charge is 0.338 e. The van der Waals surface area contributed by atoms with Gasteiger partial charge in [-0.25, -0.2) is 13.2 Å². The van der Waals surface area contributed by atoms with E-state index in [1.165, 1.54) is 6.07 Å². The molecule has 0 bridgehead atoms. The lowest BCUT2D eigenvalue weighted by Crippen LogP contribution is -2.44. The number of anilines is 2. The van der Waals surface area contributed by atoms with Crippen molar-refractivity contribution in [1.29, 1.82) is 0 Å². The maximum atomic E-state index is 13.2. The number of rotatable bonds is 5. The van der Waals surface area contributed by atoms with Gasteiger partial charge < -0.3 is 10.1 Å². The molecule has 0 fully saturated rings. The highest BCUT2D eigenvalue weighted by Crippen LogP contribution is 2.43. The van der Waals surface area contributed by atoms with E-state index in [0.717, 1.165) is 15.3 Å². The summed E-state index contributed by atoms with van der Waals surface area (Å²) < 4.78 is 32.6. The van der Waals surface area contributed by atoms with Gasteiger partial charge in [0.1, 0.15) is 6.04 Å². The molecule has 3 aromatic rings. The molecule has 1 N–H and O–H groups in total. The van der Waals surface area contributed by atoms with E-state index in [9.17, 15) is 18.0 Å². The zero-order valence-corrected chi connectivity index (χ0v) is 18.2. The second-order valence-electron chi connectivity index (χ2n) is 7.35. The fraction of sp³-hybridized carbons (Fsp3) is 0.217. The summed E-state index contributed by atoms with van der Waals surface area (Å²) in [6.45, 7) is 5.29. The molecule has 0 radical (unpaired) electrons. The van der Waals surface area contributed by atoms with Crippen LogP contribution in [0.25, 0.3) is 10.8 Å². The molecule has 0 saturated heterocycles. The van der Waals surface area contributed by atoms with Crippen LogP contribution >= 0.6 is 0 Å². The fourth-order valence-corrected chi connectivity index (χ4v) is 5.65. The van der Waals surface area contributed by atoms with Crippen LogP contribution in [0.1, 0.15) is 29.8 Å². The lowest BCUT2D eigenvalue weighted by molar-refractivity contribution is -0.116. The number of ether oxygens (including phenoxy) is 1. The summed E-state index contributed by atoms with van der Waals surface area (Å²) in [5, 5.41) is 4.18. The van der Waals surface area contributed by atoms with E-state index in [-0.39, 0.29) is 11.5 Å². The highest BCUT2D eigenvalue weighted by Gasteiger charge is 2.40. The molecule has 0 saturated carbocycles. The Morgan fingerprint density at radius 1 is 1.10 bits per heavy atom. The Balaban J connectivity index is 1.67. The van der Waals surface area contributed by atoms with E-state index in [1.807, 2.05) is 12.1 Å². The molecule has 1 aliphatic heterocycles. The first kappa shape index (κ1) is 20.9. The van der Waals surface area contributed by atoms with E-state index in [2.05, 4.69) is 5.32 Å². The van der Waals surface area contributed by atoms with Crippen molar-refractivity contribution in [3.8, 4) is 0 Å². The monoisotopic (exact) mass is 438 g/mol. The van der Waals surface area contributed by atoms with Crippen molar-refractivity contribution in [3.05, 3.63) is 65.7 Å². The number of amides is 1. The minimum Gasteiger partial charge on any atom is -0.462 e. The van der Waals surface area contributed by atoms with Gasteiger partial charge in [0.2, 0.25) is 5.91 Å². The number of benzene rings is 3. The largest absolute Gasteiger partial charge is 0.462 e. The van der Waals surface area contributed by atoms with E-state index >= 15 is 0 Å². The van der Waals surface area contributed by atoms with E-state index < -0.39 is 27.9 Å². The zero-order chi connectivity index (χ0) is 22.3. The fourth-order valence-electron chi connectivity index (χ4n) is 3.78. The molecule has 160 valence electrons. The molecule has 4 rings (SSSR count). The van der Waals surface area contributed by atoms with Gasteiger partial charge in [-0.1, -0.05) is 30.3 Å². The van der Waals surface area contributed by atoms with Crippen LogP contribution in [0.5, 0.6) is 0 Å². The topological polar surface area (TPSA) is 92.8 Å². The van der Waals surface area contributed by atoms with E-state index in [1.54, 1.807) is 57.2 Å². The standard InChI is InChI=1S/C23H22N2O5S/c1-4-30-23(27)17-12-11-14(2)18(13-17)24-22(26)15(3)25-19-9-5-7-16-8-6-10-20(21(16)19)31(25,28)29/h5-13,15H,4H2,1-3H3,(H,24,26). The molecule has 8 heteroatoms. The van der Waals surface area contributed by atoms with Crippen molar-refractivity contribution in [3.63, 3.8) is 0 Å². The normalized spacial score (nSPS) is 15.0. The Morgan fingerprint density at radius 2 is 1.81 bits per heavy atom. The van der Waals surface area contributed by atoms with Gasteiger partial charge in [-0.2, -0.15) is 0 Å². The SMILES string of the molecule is CCOC(=O)c1ccc(C)c(NC(=O)C(C)N2c3cccc4cccc(c34)S2(=O)=O)c1. The highest BCUT2D eigenvalue weighted by atomic mass is 32.2. The molecule has 0 aliphatic carbocycles. The van der Waals surface area contributed by atoms with Crippen LogP contribution in [0.4, 0.5) is 11.4 Å². The molecular weight excluding hydrogens is 416 g/mol. The summed E-state index contributed by atoms with van der Waals surface area (Å²) in [6, 6.07) is 14.3. The maximum Gasteiger partial charge on any atom is 0.338 e. The van der Waals surface area contributed by atoms with E-state index in [4.69, 9.17) is 4.74 Å². The summed E-state index contributed by atoms with van der Waals surface area (Å²) in [6.07, 6.45) is 0. The summed E-state index contributed by atoms with van der Waals surface area (Å²) in [5.74, 6) is -0.993. The number of nitrogens with zero attached hydrogens (tertiary/aromatic N) is 1. The molecule has 1 amide bonds. The van der Waals surface area contributed by atoms with Crippen molar-refractivity contribution in [1.82, 2.24) is 0 Å². The predicted molar refractivity (Wildman–Crippen MR) is 119 cm³/mol. The Bertz CT molecular complexity index is 1310. The molecule has 3 aromatic carbocycles. The Kier molecular flexibility index (Phi) is 5.18. The first-order valence-corrected chi connectivity index (χ1v) is 11.3. The molecule has 7 nitrogen and oxygen atoms in total. The van der Waals surface area contributed by atoms with Gasteiger partial charge in [-0.05, 0) is 56.0 Å². The number of sulfonamides is 1. The number of esters is 1. The second kappa shape index (κ2) is 7.70. The summed E-state index contributed by atoms with van der Waals surface area (Å²) in [4.78, 5) is 25.3. The molecule has 31 heavy (non-hydrogen) atoms. The number of carbonyl (C=O) groups excluding carboxylic acids is 2. The van der Waals surface area contributed by atoms with Crippen LogP contribution in [0.2, 0.25) is 0 Å². The average molecular weight is 439 g/mol. The van der Waals surface area contributed by atoms with Crippen molar-refractivity contribution in [2.75, 3.05) is 16.2 Å². The Labute approximate surface area is 180 Å². The minimum absolute atomic E-state index is 0.195. The summed E-state index contributed by atoms with van der Waals surface area (Å²) in [5.41, 5.74) is 1.95. The van der Waals surface area contributed by atoms with Crippen molar-refractivity contribution in [2.45, 2.75) is 31.7 Å². The lowest BCUT2D eigenvalue weighted by Gasteiger charge is -2.25. The first-order chi connectivity index (χ1) is 14.8. The van der Waals surface area contributed by atoms with Crippen molar-refractivity contribution in [2.24, 2.45) is 0 Å². The minimum atomic E-state index is -3.88. The van der Waals surface area contributed by atoms with Crippen LogP contribution in [-0.4, -0.2) is 32.9 Å². The number of nitrogens with one attached hydrogen (secondary N) is 1. The Hall–Kier alpha value is -3.39. The second-order valence-corrected chi connectivity index (χ2v) is 9.13. The molecule has 1 atom stereocenters. The third kappa shape index (κ3) is 3.42. The lowest BCUT2D eigenvalue weighted by atomic mass is 10.1. The highest BCUT2D eigenvalue weighted by molar-refractivity contribution is 7.93. The zero-order valence-electron chi connectivity index (χ0n) is 17.4. The van der Waals surface area contributed by atoms with Gasteiger partial charge in [-0.3, -0.25) is 9.10 Å². The van der Waals surface area contributed by atoms with Gasteiger partial charge >= 0.3 is 5.97 Å². The van der Waals surface area contributed by atoms with Crippen LogP contribution in [0.3, 0.4) is 0 Å². The third-order valence-electron chi connectivity index (χ3n) is 5.36. The first-order valence-electron chi connectivity index (χ1n) is 9.90. The van der Waals surface area contributed by atoms with Crippen molar-refractivity contribution < 1.29 is 22.7 Å². The maximum absolute atomic E-state index is 13.2. The van der Waals surface area contributed by atoms with Crippen LogP contribution in [0, 0.1) is 6.92 Å². The van der Waals surface area contributed by atoms with Crippen LogP contribution in [-0.2, 0) is 19.6 Å². The third-order valence-corrected chi connectivity index (χ3v) is 7.28. The van der Waals surface area contributed by atoms with Gasteiger partial charge in [0, 0.05) is 11.1 Å². The number of hydrogen-bond acceptors (Lipinski definition) is 5. The molecule has 1 heterocycles. The van der Waals surface area contributed by atoms with Crippen LogP contribution < -0.4 is 9.62 Å². The average Bonchev–Trinajstić information content (AvgIpc) is 2.97. The molecule has 0 aromatic heterocycles. The summed E-state index contributed by atoms with van der Waals surface area (Å²) >= 11 is 0. The Morgan fingerprint density at radius 3 is 2.52 bits per heavy atom. The van der Waals surface area contributed by atoms with Gasteiger partial charge in [0.15, 0.2) is 0 Å². The van der Waals surface area contributed by atoms with Gasteiger partial charge in [0.25, 0.3) is 10.0 Å².